The number of rotatable bonds is 7. The van der Waals surface area contributed by atoms with Crippen LogP contribution in [0.2, 0.25) is 5.02 Å². The zero-order valence-corrected chi connectivity index (χ0v) is 15.7. The Kier molecular flexibility index (Phi) is 6.10. The van der Waals surface area contributed by atoms with Crippen LogP contribution < -0.4 is 0 Å². The first-order chi connectivity index (χ1) is 10.8. The molecule has 1 unspecified atom stereocenters. The fraction of sp³-hybridized carbons (Fsp3) is 0.632. The molecule has 0 bridgehead atoms. The molecule has 0 spiro atoms. The Bertz CT molecular complexity index is 532. The van der Waals surface area contributed by atoms with Crippen molar-refractivity contribution >= 4 is 17.5 Å². The SMILES string of the molecule is CC(c1ccccc1Cl)N(CC(=O)N(C(C)C)C(C)C)C1CC1. The van der Waals surface area contributed by atoms with Crippen molar-refractivity contribution in [2.75, 3.05) is 6.54 Å². The highest BCUT2D eigenvalue weighted by atomic mass is 35.5. The van der Waals surface area contributed by atoms with E-state index >= 15 is 0 Å². The summed E-state index contributed by atoms with van der Waals surface area (Å²) in [6.45, 7) is 10.9. The molecular weight excluding hydrogens is 308 g/mol. The first-order valence-corrected chi connectivity index (χ1v) is 9.02. The molecule has 2 rings (SSSR count). The van der Waals surface area contributed by atoms with Gasteiger partial charge in [0.2, 0.25) is 5.91 Å². The van der Waals surface area contributed by atoms with E-state index in [0.717, 1.165) is 10.6 Å². The molecule has 3 nitrogen and oxygen atoms in total. The van der Waals surface area contributed by atoms with Crippen molar-refractivity contribution in [1.29, 1.82) is 0 Å². The minimum absolute atomic E-state index is 0.154. The van der Waals surface area contributed by atoms with Crippen molar-refractivity contribution in [3.8, 4) is 0 Å². The van der Waals surface area contributed by atoms with Crippen LogP contribution in [-0.2, 0) is 4.79 Å². The Labute approximate surface area is 145 Å². The first-order valence-electron chi connectivity index (χ1n) is 8.64. The molecule has 1 saturated carbocycles. The summed E-state index contributed by atoms with van der Waals surface area (Å²) in [5.41, 5.74) is 1.11. The van der Waals surface area contributed by atoms with E-state index < -0.39 is 0 Å². The summed E-state index contributed by atoms with van der Waals surface area (Å²) in [6.07, 6.45) is 2.34. The molecule has 1 amide bonds. The summed E-state index contributed by atoms with van der Waals surface area (Å²) < 4.78 is 0. The van der Waals surface area contributed by atoms with Crippen LogP contribution in [-0.4, -0.2) is 40.4 Å². The molecule has 0 saturated heterocycles. The van der Waals surface area contributed by atoms with E-state index in [1.54, 1.807) is 0 Å². The normalized spacial score (nSPS) is 16.2. The molecule has 0 N–H and O–H groups in total. The molecule has 0 radical (unpaired) electrons. The van der Waals surface area contributed by atoms with Gasteiger partial charge in [-0.2, -0.15) is 0 Å². The third kappa shape index (κ3) is 4.48. The van der Waals surface area contributed by atoms with Gasteiger partial charge in [-0.25, -0.2) is 0 Å². The Hall–Kier alpha value is -1.06. The standard InChI is InChI=1S/C19H29ClN2O/c1-13(2)22(14(3)4)19(23)12-21(16-10-11-16)15(5)17-8-6-7-9-18(17)20/h6-9,13-16H,10-12H2,1-5H3. The lowest BCUT2D eigenvalue weighted by Gasteiger charge is -2.35. The van der Waals surface area contributed by atoms with Gasteiger partial charge < -0.3 is 4.90 Å². The number of hydrogen-bond donors (Lipinski definition) is 0. The molecule has 128 valence electrons. The van der Waals surface area contributed by atoms with Gasteiger partial charge in [0.1, 0.15) is 0 Å². The minimum Gasteiger partial charge on any atom is -0.337 e. The van der Waals surface area contributed by atoms with Crippen LogP contribution in [0.5, 0.6) is 0 Å². The highest BCUT2D eigenvalue weighted by molar-refractivity contribution is 6.31. The molecule has 0 aromatic heterocycles. The van der Waals surface area contributed by atoms with E-state index in [0.29, 0.717) is 12.6 Å². The van der Waals surface area contributed by atoms with Gasteiger partial charge in [-0.3, -0.25) is 9.69 Å². The molecule has 1 aliphatic carbocycles. The van der Waals surface area contributed by atoms with Gasteiger partial charge in [-0.05, 0) is 59.1 Å². The molecule has 23 heavy (non-hydrogen) atoms. The second-order valence-corrected chi connectivity index (χ2v) is 7.50. The van der Waals surface area contributed by atoms with Crippen LogP contribution in [0.15, 0.2) is 24.3 Å². The Morgan fingerprint density at radius 3 is 2.17 bits per heavy atom. The van der Waals surface area contributed by atoms with E-state index in [1.807, 2.05) is 23.1 Å². The monoisotopic (exact) mass is 336 g/mol. The lowest BCUT2D eigenvalue weighted by atomic mass is 10.1. The van der Waals surface area contributed by atoms with E-state index in [1.165, 1.54) is 12.8 Å². The molecule has 4 heteroatoms. The van der Waals surface area contributed by atoms with Crippen LogP contribution in [0.3, 0.4) is 0 Å². The number of benzene rings is 1. The fourth-order valence-corrected chi connectivity index (χ4v) is 3.68. The van der Waals surface area contributed by atoms with Crippen molar-refractivity contribution in [3.05, 3.63) is 34.9 Å². The number of nitrogens with zero attached hydrogens (tertiary/aromatic N) is 2. The summed E-state index contributed by atoms with van der Waals surface area (Å²) in [5.74, 6) is 0.209. The van der Waals surface area contributed by atoms with Gasteiger partial charge in [-0.15, -0.1) is 0 Å². The number of amides is 1. The van der Waals surface area contributed by atoms with E-state index in [4.69, 9.17) is 11.6 Å². The van der Waals surface area contributed by atoms with Crippen LogP contribution in [0, 0.1) is 0 Å². The fourth-order valence-electron chi connectivity index (χ4n) is 3.39. The van der Waals surface area contributed by atoms with Crippen LogP contribution in [0.4, 0.5) is 0 Å². The maximum atomic E-state index is 12.8. The van der Waals surface area contributed by atoms with Gasteiger partial charge in [-0.1, -0.05) is 29.8 Å². The van der Waals surface area contributed by atoms with E-state index in [2.05, 4.69) is 45.6 Å². The van der Waals surface area contributed by atoms with Gasteiger partial charge >= 0.3 is 0 Å². The van der Waals surface area contributed by atoms with Crippen LogP contribution in [0.1, 0.15) is 59.1 Å². The minimum atomic E-state index is 0.154. The van der Waals surface area contributed by atoms with Crippen LogP contribution in [0.25, 0.3) is 0 Å². The molecule has 1 aromatic carbocycles. The summed E-state index contributed by atoms with van der Waals surface area (Å²) in [5, 5.41) is 0.780. The molecular formula is C19H29ClN2O. The lowest BCUT2D eigenvalue weighted by molar-refractivity contribution is -0.136. The Morgan fingerprint density at radius 1 is 1.13 bits per heavy atom. The van der Waals surface area contributed by atoms with Gasteiger partial charge in [0.05, 0.1) is 6.54 Å². The van der Waals surface area contributed by atoms with E-state index in [-0.39, 0.29) is 24.0 Å². The second kappa shape index (κ2) is 7.67. The lowest BCUT2D eigenvalue weighted by Crippen LogP contribution is -2.48. The first kappa shape index (κ1) is 18.3. The number of carbonyl (C=O) groups is 1. The van der Waals surface area contributed by atoms with Crippen molar-refractivity contribution in [1.82, 2.24) is 9.80 Å². The molecule has 0 aliphatic heterocycles. The summed E-state index contributed by atoms with van der Waals surface area (Å²) in [4.78, 5) is 17.1. The average Bonchev–Trinajstić information content (AvgIpc) is 3.28. The predicted octanol–water partition coefficient (Wildman–Crippen LogP) is 4.51. The molecule has 1 aliphatic rings. The Balaban J connectivity index is 2.16. The third-order valence-electron chi connectivity index (χ3n) is 4.59. The van der Waals surface area contributed by atoms with Gasteiger partial charge in [0.25, 0.3) is 0 Å². The smallest absolute Gasteiger partial charge is 0.237 e. The molecule has 1 atom stereocenters. The molecule has 1 aromatic rings. The Morgan fingerprint density at radius 2 is 1.70 bits per heavy atom. The summed E-state index contributed by atoms with van der Waals surface area (Å²) in [7, 11) is 0. The topological polar surface area (TPSA) is 23.6 Å². The highest BCUT2D eigenvalue weighted by Gasteiger charge is 2.36. The van der Waals surface area contributed by atoms with Crippen molar-refractivity contribution in [3.63, 3.8) is 0 Å². The van der Waals surface area contributed by atoms with Crippen molar-refractivity contribution in [2.24, 2.45) is 0 Å². The largest absolute Gasteiger partial charge is 0.337 e. The predicted molar refractivity (Wildman–Crippen MR) is 96.7 cm³/mol. The second-order valence-electron chi connectivity index (χ2n) is 7.09. The van der Waals surface area contributed by atoms with Gasteiger partial charge in [0.15, 0.2) is 0 Å². The average molecular weight is 337 g/mol. The van der Waals surface area contributed by atoms with Crippen LogP contribution >= 0.6 is 11.6 Å². The molecule has 1 fully saturated rings. The van der Waals surface area contributed by atoms with Crippen molar-refractivity contribution < 1.29 is 4.79 Å². The number of hydrogen-bond acceptors (Lipinski definition) is 2. The zero-order valence-electron chi connectivity index (χ0n) is 14.9. The quantitative estimate of drug-likeness (QED) is 0.731. The molecule has 0 heterocycles. The summed E-state index contributed by atoms with van der Waals surface area (Å²) in [6, 6.07) is 9.06. The summed E-state index contributed by atoms with van der Waals surface area (Å²) >= 11 is 6.37. The maximum absolute atomic E-state index is 12.8. The maximum Gasteiger partial charge on any atom is 0.237 e. The highest BCUT2D eigenvalue weighted by Crippen LogP contribution is 2.36. The van der Waals surface area contributed by atoms with Gasteiger partial charge in [0, 0.05) is 29.2 Å². The zero-order chi connectivity index (χ0) is 17.1. The third-order valence-corrected chi connectivity index (χ3v) is 4.93. The van der Waals surface area contributed by atoms with E-state index in [9.17, 15) is 4.79 Å². The number of carbonyl (C=O) groups excluding carboxylic acids is 1. The van der Waals surface area contributed by atoms with Crippen molar-refractivity contribution in [2.45, 2.75) is 71.6 Å². The number of halogens is 1.